The second kappa shape index (κ2) is 6.41. The fraction of sp³-hybridized carbons (Fsp3) is 0.467. The van der Waals surface area contributed by atoms with Crippen molar-refractivity contribution in [1.29, 1.82) is 0 Å². The first kappa shape index (κ1) is 14.4. The third-order valence-electron chi connectivity index (χ3n) is 3.44. The second-order valence-corrected chi connectivity index (χ2v) is 5.18. The molecule has 1 amide bonds. The molecule has 1 fully saturated rings. The van der Waals surface area contributed by atoms with Gasteiger partial charge in [0.25, 0.3) is 0 Å². The van der Waals surface area contributed by atoms with E-state index in [1.165, 1.54) is 0 Å². The number of anilines is 2. The lowest BCUT2D eigenvalue weighted by atomic mass is 10.1. The van der Waals surface area contributed by atoms with Gasteiger partial charge in [-0.25, -0.2) is 0 Å². The Labute approximate surface area is 118 Å². The average Bonchev–Trinajstić information content (AvgIpc) is 2.83. The number of nitrogens with zero attached hydrogens (tertiary/aromatic N) is 1. The molecule has 0 saturated carbocycles. The highest BCUT2D eigenvalue weighted by molar-refractivity contribution is 5.95. The molecule has 0 bridgehead atoms. The van der Waals surface area contributed by atoms with E-state index in [0.29, 0.717) is 12.8 Å². The Morgan fingerprint density at radius 1 is 1.50 bits per heavy atom. The van der Waals surface area contributed by atoms with Gasteiger partial charge in [-0.15, -0.1) is 0 Å². The number of rotatable bonds is 6. The van der Waals surface area contributed by atoms with Crippen molar-refractivity contribution in [3.8, 4) is 0 Å². The number of carboxylic acids is 1. The van der Waals surface area contributed by atoms with Gasteiger partial charge in [-0.1, -0.05) is 6.07 Å². The van der Waals surface area contributed by atoms with Gasteiger partial charge in [0, 0.05) is 36.8 Å². The molecule has 1 saturated heterocycles. The minimum atomic E-state index is -0.782. The summed E-state index contributed by atoms with van der Waals surface area (Å²) in [4.78, 5) is 24.1. The molecule has 108 valence electrons. The van der Waals surface area contributed by atoms with Crippen molar-refractivity contribution in [3.63, 3.8) is 0 Å². The Hall–Kier alpha value is -2.04. The van der Waals surface area contributed by atoms with Gasteiger partial charge in [0.05, 0.1) is 0 Å². The highest BCUT2D eigenvalue weighted by atomic mass is 16.4. The Morgan fingerprint density at radius 2 is 2.30 bits per heavy atom. The van der Waals surface area contributed by atoms with Gasteiger partial charge in [-0.05, 0) is 38.0 Å². The molecule has 1 aliphatic rings. The maximum atomic E-state index is 11.7. The monoisotopic (exact) mass is 276 g/mol. The Kier molecular flexibility index (Phi) is 4.61. The van der Waals surface area contributed by atoms with Crippen LogP contribution in [0.25, 0.3) is 0 Å². The molecular weight excluding hydrogens is 256 g/mol. The van der Waals surface area contributed by atoms with E-state index in [1.807, 2.05) is 31.2 Å². The van der Waals surface area contributed by atoms with Crippen LogP contribution < -0.4 is 10.2 Å². The molecule has 0 aromatic heterocycles. The molecular formula is C15H20N2O3. The van der Waals surface area contributed by atoms with Crippen molar-refractivity contribution in [3.05, 3.63) is 24.3 Å². The van der Waals surface area contributed by atoms with Gasteiger partial charge in [0.15, 0.2) is 0 Å². The van der Waals surface area contributed by atoms with Crippen LogP contribution in [0.15, 0.2) is 24.3 Å². The fourth-order valence-electron chi connectivity index (χ4n) is 2.38. The van der Waals surface area contributed by atoms with Crippen molar-refractivity contribution in [2.75, 3.05) is 16.8 Å². The van der Waals surface area contributed by atoms with E-state index in [1.54, 1.807) is 4.90 Å². The lowest BCUT2D eigenvalue weighted by Gasteiger charge is -2.19. The van der Waals surface area contributed by atoms with E-state index in [-0.39, 0.29) is 18.4 Å². The molecule has 1 unspecified atom stereocenters. The highest BCUT2D eigenvalue weighted by Gasteiger charge is 2.21. The summed E-state index contributed by atoms with van der Waals surface area (Å²) in [5, 5.41) is 11.9. The maximum absolute atomic E-state index is 11.7. The van der Waals surface area contributed by atoms with E-state index < -0.39 is 5.97 Å². The van der Waals surface area contributed by atoms with Gasteiger partial charge >= 0.3 is 5.97 Å². The lowest BCUT2D eigenvalue weighted by Crippen LogP contribution is -2.24. The van der Waals surface area contributed by atoms with Crippen LogP contribution in [0.3, 0.4) is 0 Å². The summed E-state index contributed by atoms with van der Waals surface area (Å²) in [6.45, 7) is 2.73. The van der Waals surface area contributed by atoms with Crippen molar-refractivity contribution in [1.82, 2.24) is 0 Å². The van der Waals surface area contributed by atoms with E-state index in [4.69, 9.17) is 5.11 Å². The average molecular weight is 276 g/mol. The zero-order valence-electron chi connectivity index (χ0n) is 11.6. The summed E-state index contributed by atoms with van der Waals surface area (Å²) >= 11 is 0. The third-order valence-corrected chi connectivity index (χ3v) is 3.44. The van der Waals surface area contributed by atoms with Crippen LogP contribution in [0.4, 0.5) is 11.4 Å². The van der Waals surface area contributed by atoms with Crippen molar-refractivity contribution < 1.29 is 14.7 Å². The molecule has 0 spiro atoms. The van der Waals surface area contributed by atoms with Crippen LogP contribution in [0.5, 0.6) is 0 Å². The highest BCUT2D eigenvalue weighted by Crippen LogP contribution is 2.24. The first-order valence-electron chi connectivity index (χ1n) is 6.95. The summed E-state index contributed by atoms with van der Waals surface area (Å²) in [5.41, 5.74) is 1.82. The van der Waals surface area contributed by atoms with Crippen molar-refractivity contribution in [2.24, 2.45) is 0 Å². The maximum Gasteiger partial charge on any atom is 0.303 e. The molecule has 0 radical (unpaired) electrons. The van der Waals surface area contributed by atoms with Gasteiger partial charge in [0.2, 0.25) is 5.91 Å². The summed E-state index contributed by atoms with van der Waals surface area (Å²) in [6.07, 6.45) is 2.25. The molecule has 2 N–H and O–H groups in total. The first-order valence-corrected chi connectivity index (χ1v) is 6.95. The fourth-order valence-corrected chi connectivity index (χ4v) is 2.38. The number of benzene rings is 1. The van der Waals surface area contributed by atoms with E-state index in [2.05, 4.69) is 5.32 Å². The molecule has 0 aliphatic carbocycles. The second-order valence-electron chi connectivity index (χ2n) is 5.18. The molecule has 1 atom stereocenters. The van der Waals surface area contributed by atoms with Crippen LogP contribution >= 0.6 is 0 Å². The minimum Gasteiger partial charge on any atom is -0.481 e. The normalized spacial score (nSPS) is 16.2. The van der Waals surface area contributed by atoms with Crippen molar-refractivity contribution in [2.45, 2.75) is 38.6 Å². The molecule has 1 aliphatic heterocycles. The quantitative estimate of drug-likeness (QED) is 0.837. The molecule has 1 aromatic carbocycles. The zero-order chi connectivity index (χ0) is 14.5. The number of hydrogen-bond acceptors (Lipinski definition) is 3. The van der Waals surface area contributed by atoms with E-state index in [9.17, 15) is 9.59 Å². The van der Waals surface area contributed by atoms with Crippen LogP contribution in [-0.4, -0.2) is 29.6 Å². The number of carboxylic acid groups (broad SMARTS) is 1. The van der Waals surface area contributed by atoms with Crippen LogP contribution in [-0.2, 0) is 9.59 Å². The predicted molar refractivity (Wildman–Crippen MR) is 78.0 cm³/mol. The number of carbonyl (C=O) groups is 2. The summed E-state index contributed by atoms with van der Waals surface area (Å²) in [5.74, 6) is -0.615. The smallest absolute Gasteiger partial charge is 0.303 e. The van der Waals surface area contributed by atoms with Crippen molar-refractivity contribution >= 4 is 23.3 Å². The standard InChI is InChI=1S/C15H20N2O3/c1-11(7-8-15(19)20)16-12-4-2-5-13(10-12)17-9-3-6-14(17)18/h2,4-5,10-11,16H,3,6-9H2,1H3,(H,19,20). The first-order chi connectivity index (χ1) is 9.56. The Balaban J connectivity index is 1.99. The van der Waals surface area contributed by atoms with Crippen LogP contribution in [0.2, 0.25) is 0 Å². The largest absolute Gasteiger partial charge is 0.481 e. The SMILES string of the molecule is CC(CCC(=O)O)Nc1cccc(N2CCCC2=O)c1. The lowest BCUT2D eigenvalue weighted by molar-refractivity contribution is -0.137. The number of nitrogens with one attached hydrogen (secondary N) is 1. The summed E-state index contributed by atoms with van der Waals surface area (Å²) in [7, 11) is 0. The Morgan fingerprint density at radius 3 is 2.95 bits per heavy atom. The molecule has 2 rings (SSSR count). The molecule has 1 aromatic rings. The zero-order valence-corrected chi connectivity index (χ0v) is 11.6. The van der Waals surface area contributed by atoms with E-state index >= 15 is 0 Å². The Bertz CT molecular complexity index is 502. The number of aliphatic carboxylic acids is 1. The van der Waals surface area contributed by atoms with Crippen LogP contribution in [0.1, 0.15) is 32.6 Å². The molecule has 20 heavy (non-hydrogen) atoms. The number of hydrogen-bond donors (Lipinski definition) is 2. The topological polar surface area (TPSA) is 69.6 Å². The third kappa shape index (κ3) is 3.73. The van der Waals surface area contributed by atoms with Gasteiger partial charge in [0.1, 0.15) is 0 Å². The molecule has 1 heterocycles. The number of amides is 1. The van der Waals surface area contributed by atoms with Gasteiger partial charge < -0.3 is 15.3 Å². The molecule has 5 nitrogen and oxygen atoms in total. The molecule has 5 heteroatoms. The van der Waals surface area contributed by atoms with Gasteiger partial charge in [-0.3, -0.25) is 9.59 Å². The van der Waals surface area contributed by atoms with Crippen LogP contribution in [0, 0.1) is 0 Å². The summed E-state index contributed by atoms with van der Waals surface area (Å²) < 4.78 is 0. The summed E-state index contributed by atoms with van der Waals surface area (Å²) in [6, 6.07) is 7.79. The number of carbonyl (C=O) groups excluding carboxylic acids is 1. The predicted octanol–water partition coefficient (Wildman–Crippen LogP) is 2.48. The minimum absolute atomic E-state index is 0.0793. The van der Waals surface area contributed by atoms with Gasteiger partial charge in [-0.2, -0.15) is 0 Å². The van der Waals surface area contributed by atoms with E-state index in [0.717, 1.165) is 24.3 Å².